The van der Waals surface area contributed by atoms with E-state index in [4.69, 9.17) is 0 Å². The first kappa shape index (κ1) is 25.4. The molecule has 0 aliphatic heterocycles. The number of allylic oxidation sites excluding steroid dienone is 1. The Morgan fingerprint density at radius 1 is 0.935 bits per heavy atom. The Balaban J connectivity index is 2.35. The lowest BCUT2D eigenvalue weighted by Gasteiger charge is -2.35. The fraction of sp³-hybridized carbons (Fsp3) is 0.417. The van der Waals surface area contributed by atoms with Gasteiger partial charge in [0.2, 0.25) is 13.7 Å². The van der Waals surface area contributed by atoms with E-state index in [0.717, 1.165) is 11.1 Å². The molecule has 0 saturated heterocycles. The molecule has 0 unspecified atom stereocenters. The molecule has 0 amide bonds. The number of sulfonamides is 1. The fourth-order valence-electron chi connectivity index (χ4n) is 4.26. The quantitative estimate of drug-likeness (QED) is 0.348. The summed E-state index contributed by atoms with van der Waals surface area (Å²) in [4.78, 5) is 0. The maximum Gasteiger partial charge on any atom is 0.228 e. The van der Waals surface area contributed by atoms with Gasteiger partial charge in [-0.3, -0.25) is 4.13 Å². The standard InChI is InChI=1S/C24H35B2NO3S/c1-4-5-17-24(18-12-19-28)31(29,30)27(25(2)20-22-13-8-6-9-14-22)26(3)21-23-15-10-7-11-16-23/h4,6-11,13-16,24,28H,1,5,12,17-21H2,2-3H3/t24-/m1/s1. The van der Waals surface area contributed by atoms with Crippen LogP contribution in [0.1, 0.15) is 36.8 Å². The van der Waals surface area contributed by atoms with Crippen LogP contribution < -0.4 is 0 Å². The average Bonchev–Trinajstić information content (AvgIpc) is 2.75. The van der Waals surface area contributed by atoms with E-state index >= 15 is 0 Å². The lowest BCUT2D eigenvalue weighted by atomic mass is 9.48. The van der Waals surface area contributed by atoms with Crippen LogP contribution in [0.4, 0.5) is 0 Å². The van der Waals surface area contributed by atoms with E-state index in [9.17, 15) is 13.5 Å². The lowest BCUT2D eigenvalue weighted by Crippen LogP contribution is -2.55. The first-order valence-corrected chi connectivity index (χ1v) is 12.7. The molecule has 2 aromatic rings. The van der Waals surface area contributed by atoms with Crippen LogP contribution in [0.15, 0.2) is 73.3 Å². The zero-order valence-corrected chi connectivity index (χ0v) is 19.7. The minimum Gasteiger partial charge on any atom is -0.396 e. The van der Waals surface area contributed by atoms with E-state index in [2.05, 4.69) is 6.58 Å². The van der Waals surface area contributed by atoms with Gasteiger partial charge in [0, 0.05) is 6.61 Å². The largest absolute Gasteiger partial charge is 0.396 e. The molecule has 2 aromatic carbocycles. The first-order valence-electron chi connectivity index (χ1n) is 11.2. The van der Waals surface area contributed by atoms with Crippen LogP contribution in [0.2, 0.25) is 13.6 Å². The van der Waals surface area contributed by atoms with Crippen LogP contribution in [0.5, 0.6) is 0 Å². The Bertz CT molecular complexity index is 831. The third-order valence-electron chi connectivity index (χ3n) is 5.71. The Kier molecular flexibility index (Phi) is 10.6. The molecule has 0 fully saturated rings. The Morgan fingerprint density at radius 3 is 1.84 bits per heavy atom. The molecule has 0 aliphatic rings. The highest BCUT2D eigenvalue weighted by molar-refractivity contribution is 7.92. The van der Waals surface area contributed by atoms with E-state index in [0.29, 0.717) is 38.3 Å². The van der Waals surface area contributed by atoms with Crippen molar-refractivity contribution in [1.29, 1.82) is 0 Å². The minimum atomic E-state index is -3.57. The maximum atomic E-state index is 13.9. The van der Waals surface area contributed by atoms with Crippen molar-refractivity contribution in [3.05, 3.63) is 84.4 Å². The molecule has 0 heterocycles. The van der Waals surface area contributed by atoms with Gasteiger partial charge in [0.1, 0.15) is 0 Å². The molecule has 2 rings (SSSR count). The second kappa shape index (κ2) is 12.9. The molecule has 0 spiro atoms. The molecule has 0 radical (unpaired) electrons. The molecule has 0 saturated carbocycles. The van der Waals surface area contributed by atoms with E-state index in [1.807, 2.05) is 74.3 Å². The summed E-state index contributed by atoms with van der Waals surface area (Å²) in [5.74, 6) is 0. The van der Waals surface area contributed by atoms with Crippen molar-refractivity contribution < 1.29 is 13.5 Å². The SMILES string of the molecule is C=CCC[C@H](CCCO)S(=O)(=O)N(B(C)Cc1ccccc1)B(C)Cc1ccccc1. The van der Waals surface area contributed by atoms with Crippen molar-refractivity contribution in [3.8, 4) is 0 Å². The van der Waals surface area contributed by atoms with Crippen LogP contribution in [0.25, 0.3) is 0 Å². The number of hydrogen-bond acceptors (Lipinski definition) is 3. The second-order valence-electron chi connectivity index (χ2n) is 8.31. The van der Waals surface area contributed by atoms with Crippen molar-refractivity contribution in [1.82, 2.24) is 4.13 Å². The minimum absolute atomic E-state index is 0.000747. The van der Waals surface area contributed by atoms with Crippen molar-refractivity contribution in [2.45, 2.75) is 57.2 Å². The highest BCUT2D eigenvalue weighted by atomic mass is 32.2. The summed E-state index contributed by atoms with van der Waals surface area (Å²) >= 11 is 0. The molecule has 31 heavy (non-hydrogen) atoms. The van der Waals surface area contributed by atoms with Gasteiger partial charge in [-0.1, -0.05) is 91.5 Å². The second-order valence-corrected chi connectivity index (χ2v) is 10.4. The number of nitrogens with zero attached hydrogens (tertiary/aromatic N) is 1. The van der Waals surface area contributed by atoms with Gasteiger partial charge in [0.05, 0.1) is 5.25 Å². The van der Waals surface area contributed by atoms with E-state index < -0.39 is 15.3 Å². The summed E-state index contributed by atoms with van der Waals surface area (Å²) in [5.41, 5.74) is 2.25. The molecule has 4 nitrogen and oxygen atoms in total. The predicted octanol–water partition coefficient (Wildman–Crippen LogP) is 4.53. The predicted molar refractivity (Wildman–Crippen MR) is 134 cm³/mol. The number of hydrogen-bond donors (Lipinski definition) is 1. The Labute approximate surface area is 189 Å². The molecular formula is C24H35B2NO3S. The number of aliphatic hydroxyl groups is 1. The molecular weight excluding hydrogens is 404 g/mol. The van der Waals surface area contributed by atoms with Gasteiger partial charge in [-0.05, 0) is 38.3 Å². The van der Waals surface area contributed by atoms with Crippen LogP contribution in [0, 0.1) is 0 Å². The van der Waals surface area contributed by atoms with Gasteiger partial charge < -0.3 is 5.11 Å². The van der Waals surface area contributed by atoms with Crippen LogP contribution in [-0.4, -0.2) is 43.2 Å². The van der Waals surface area contributed by atoms with Crippen molar-refractivity contribution >= 4 is 23.7 Å². The monoisotopic (exact) mass is 439 g/mol. The number of aliphatic hydroxyl groups excluding tert-OH is 1. The van der Waals surface area contributed by atoms with Gasteiger partial charge in [-0.15, -0.1) is 6.58 Å². The van der Waals surface area contributed by atoms with E-state index in [1.54, 1.807) is 10.2 Å². The Hall–Kier alpha value is -1.82. The molecule has 1 atom stereocenters. The molecule has 7 heteroatoms. The average molecular weight is 439 g/mol. The number of rotatable bonds is 14. The van der Waals surface area contributed by atoms with Gasteiger partial charge in [0.15, 0.2) is 10.0 Å². The van der Waals surface area contributed by atoms with Gasteiger partial charge >= 0.3 is 0 Å². The van der Waals surface area contributed by atoms with Crippen molar-refractivity contribution in [2.75, 3.05) is 6.61 Å². The molecule has 0 aliphatic carbocycles. The Morgan fingerprint density at radius 2 is 1.42 bits per heavy atom. The smallest absolute Gasteiger partial charge is 0.228 e. The summed E-state index contributed by atoms with van der Waals surface area (Å²) < 4.78 is 29.6. The van der Waals surface area contributed by atoms with Gasteiger partial charge in [-0.25, -0.2) is 8.42 Å². The summed E-state index contributed by atoms with van der Waals surface area (Å²) in [6.45, 7) is 7.42. The molecule has 166 valence electrons. The highest BCUT2D eigenvalue weighted by Crippen LogP contribution is 2.24. The summed E-state index contributed by atoms with van der Waals surface area (Å²) in [7, 11) is -3.57. The van der Waals surface area contributed by atoms with Crippen molar-refractivity contribution in [2.24, 2.45) is 0 Å². The first-order chi connectivity index (χ1) is 14.9. The van der Waals surface area contributed by atoms with Crippen molar-refractivity contribution in [3.63, 3.8) is 0 Å². The van der Waals surface area contributed by atoms with Gasteiger partial charge in [-0.2, -0.15) is 0 Å². The summed E-state index contributed by atoms with van der Waals surface area (Å²) in [5, 5.41) is 8.81. The lowest BCUT2D eigenvalue weighted by molar-refractivity contribution is 0.282. The maximum absolute atomic E-state index is 13.9. The third kappa shape index (κ3) is 7.67. The molecule has 1 N–H and O–H groups in total. The van der Waals surface area contributed by atoms with Gasteiger partial charge in [0.25, 0.3) is 0 Å². The summed E-state index contributed by atoms with van der Waals surface area (Å²) in [6.07, 6.45) is 5.20. The third-order valence-corrected chi connectivity index (χ3v) is 8.33. The van der Waals surface area contributed by atoms with Crippen LogP contribution >= 0.6 is 0 Å². The molecule has 0 bridgehead atoms. The summed E-state index contributed by atoms with van der Waals surface area (Å²) in [6, 6.07) is 20.1. The molecule has 0 aromatic heterocycles. The van der Waals surface area contributed by atoms with Crippen LogP contribution in [0.3, 0.4) is 0 Å². The van der Waals surface area contributed by atoms with E-state index in [1.165, 1.54) is 0 Å². The number of benzene rings is 2. The normalized spacial score (nSPS) is 12.5. The fourth-order valence-corrected chi connectivity index (χ4v) is 6.66. The zero-order valence-electron chi connectivity index (χ0n) is 18.9. The highest BCUT2D eigenvalue weighted by Gasteiger charge is 2.39. The topological polar surface area (TPSA) is 57.6 Å². The van der Waals surface area contributed by atoms with Crippen LogP contribution in [-0.2, 0) is 22.7 Å². The zero-order chi connectivity index (χ0) is 22.7. The van der Waals surface area contributed by atoms with E-state index in [-0.39, 0.29) is 20.3 Å².